The van der Waals surface area contributed by atoms with Gasteiger partial charge in [0.1, 0.15) is 11.5 Å². The Morgan fingerprint density at radius 2 is 1.58 bits per heavy atom. The summed E-state index contributed by atoms with van der Waals surface area (Å²) in [4.78, 5) is 31.8. The average Bonchev–Trinajstić information content (AvgIpc) is 2.54. The van der Waals surface area contributed by atoms with E-state index in [9.17, 15) is 25.0 Å². The molecule has 124 valence electrons. The number of nitro benzene ring substituents is 2. The summed E-state index contributed by atoms with van der Waals surface area (Å²) in [5.41, 5.74) is 0.313. The first-order chi connectivity index (χ1) is 11.4. The van der Waals surface area contributed by atoms with Gasteiger partial charge in [0.2, 0.25) is 0 Å². The minimum Gasteiger partial charge on any atom is -0.482 e. The Labute approximate surface area is 135 Å². The molecule has 2 aromatic rings. The maximum Gasteiger partial charge on any atom is 0.349 e. The fourth-order valence-electron chi connectivity index (χ4n) is 1.84. The van der Waals surface area contributed by atoms with Gasteiger partial charge in [0.05, 0.1) is 9.85 Å². The van der Waals surface area contributed by atoms with Crippen molar-refractivity contribution in [3.8, 4) is 11.5 Å². The fourth-order valence-corrected chi connectivity index (χ4v) is 1.84. The van der Waals surface area contributed by atoms with E-state index in [0.29, 0.717) is 11.3 Å². The maximum absolute atomic E-state index is 11.7. The maximum atomic E-state index is 11.7. The van der Waals surface area contributed by atoms with Gasteiger partial charge in [-0.3, -0.25) is 20.2 Å². The van der Waals surface area contributed by atoms with Crippen molar-refractivity contribution in [3.05, 3.63) is 68.3 Å². The summed E-state index contributed by atoms with van der Waals surface area (Å²) in [6.45, 7) is 1.21. The van der Waals surface area contributed by atoms with Crippen molar-refractivity contribution < 1.29 is 24.1 Å². The second-order valence-electron chi connectivity index (χ2n) is 4.72. The molecular weight excluding hydrogens is 320 g/mol. The molecule has 0 radical (unpaired) electrons. The lowest BCUT2D eigenvalue weighted by Crippen LogP contribution is -2.18. The zero-order valence-corrected chi connectivity index (χ0v) is 12.5. The van der Waals surface area contributed by atoms with E-state index in [1.54, 1.807) is 6.92 Å². The number of nitrogens with zero attached hydrogens (tertiary/aromatic N) is 2. The standard InChI is InChI=1S/C15H12N2O7/c1-10-8-12(17(21)22)4-7-14(10)23-9-15(18)24-13-5-2-11(3-6-13)16(19)20/h2-8H,9H2,1H3. The number of aryl methyl sites for hydroxylation is 1. The van der Waals surface area contributed by atoms with Crippen molar-refractivity contribution in [2.75, 3.05) is 6.61 Å². The molecule has 24 heavy (non-hydrogen) atoms. The molecule has 0 aliphatic rings. The van der Waals surface area contributed by atoms with Crippen molar-refractivity contribution in [1.29, 1.82) is 0 Å². The molecule has 0 atom stereocenters. The van der Waals surface area contributed by atoms with Crippen LogP contribution in [0.5, 0.6) is 11.5 Å². The lowest BCUT2D eigenvalue weighted by Gasteiger charge is -2.08. The monoisotopic (exact) mass is 332 g/mol. The molecule has 0 bridgehead atoms. The molecule has 9 nitrogen and oxygen atoms in total. The van der Waals surface area contributed by atoms with Crippen LogP contribution in [0.15, 0.2) is 42.5 Å². The number of non-ortho nitro benzene ring substituents is 2. The van der Waals surface area contributed by atoms with Crippen LogP contribution in [0.3, 0.4) is 0 Å². The van der Waals surface area contributed by atoms with Crippen molar-refractivity contribution in [3.63, 3.8) is 0 Å². The van der Waals surface area contributed by atoms with Crippen LogP contribution < -0.4 is 9.47 Å². The van der Waals surface area contributed by atoms with Crippen LogP contribution in [0.1, 0.15) is 5.56 Å². The topological polar surface area (TPSA) is 122 Å². The molecule has 0 aromatic heterocycles. The van der Waals surface area contributed by atoms with Crippen molar-refractivity contribution in [2.45, 2.75) is 6.92 Å². The largest absolute Gasteiger partial charge is 0.482 e. The van der Waals surface area contributed by atoms with Gasteiger partial charge in [-0.1, -0.05) is 0 Å². The summed E-state index contributed by atoms with van der Waals surface area (Å²) in [5.74, 6) is -0.238. The smallest absolute Gasteiger partial charge is 0.349 e. The third kappa shape index (κ3) is 4.26. The van der Waals surface area contributed by atoms with Gasteiger partial charge in [-0.25, -0.2) is 4.79 Å². The zero-order chi connectivity index (χ0) is 17.7. The Morgan fingerprint density at radius 1 is 1.00 bits per heavy atom. The van der Waals surface area contributed by atoms with Gasteiger partial charge in [-0.15, -0.1) is 0 Å². The van der Waals surface area contributed by atoms with E-state index in [2.05, 4.69) is 0 Å². The molecular formula is C15H12N2O7. The van der Waals surface area contributed by atoms with Crippen LogP contribution >= 0.6 is 0 Å². The van der Waals surface area contributed by atoms with Gasteiger partial charge in [0.15, 0.2) is 6.61 Å². The molecule has 0 spiro atoms. The number of hydrogen-bond donors (Lipinski definition) is 0. The van der Waals surface area contributed by atoms with Crippen molar-refractivity contribution in [1.82, 2.24) is 0 Å². The Bertz CT molecular complexity index is 787. The number of ether oxygens (including phenoxy) is 2. The number of carbonyl (C=O) groups is 1. The lowest BCUT2D eigenvalue weighted by atomic mass is 10.2. The van der Waals surface area contributed by atoms with Gasteiger partial charge in [-0.2, -0.15) is 0 Å². The number of nitro groups is 2. The lowest BCUT2D eigenvalue weighted by molar-refractivity contribution is -0.385. The van der Waals surface area contributed by atoms with Gasteiger partial charge in [0.25, 0.3) is 11.4 Å². The summed E-state index contributed by atoms with van der Waals surface area (Å²) in [6.07, 6.45) is 0. The number of carbonyl (C=O) groups excluding carboxylic acids is 1. The highest BCUT2D eigenvalue weighted by Gasteiger charge is 2.12. The normalized spacial score (nSPS) is 10.0. The third-order valence-corrected chi connectivity index (χ3v) is 2.99. The molecule has 0 N–H and O–H groups in total. The Hall–Kier alpha value is -3.49. The van der Waals surface area contributed by atoms with E-state index in [0.717, 1.165) is 0 Å². The number of benzene rings is 2. The number of hydrogen-bond acceptors (Lipinski definition) is 7. The summed E-state index contributed by atoms with van der Waals surface area (Å²) in [7, 11) is 0. The zero-order valence-electron chi connectivity index (χ0n) is 12.5. The van der Waals surface area contributed by atoms with Gasteiger partial charge >= 0.3 is 5.97 Å². The van der Waals surface area contributed by atoms with Crippen LogP contribution in [0.4, 0.5) is 11.4 Å². The Kier molecular flexibility index (Phi) is 5.05. The highest BCUT2D eigenvalue weighted by atomic mass is 16.6. The Balaban J connectivity index is 1.93. The number of rotatable bonds is 6. The molecule has 0 amide bonds. The van der Waals surface area contributed by atoms with Gasteiger partial charge in [0, 0.05) is 24.3 Å². The molecule has 9 heteroatoms. The predicted molar refractivity (Wildman–Crippen MR) is 82.1 cm³/mol. The molecule has 0 aliphatic heterocycles. The fraction of sp³-hybridized carbons (Fsp3) is 0.133. The van der Waals surface area contributed by atoms with Crippen molar-refractivity contribution >= 4 is 17.3 Å². The SMILES string of the molecule is Cc1cc([N+](=O)[O-])ccc1OCC(=O)Oc1ccc([N+](=O)[O-])cc1. The summed E-state index contributed by atoms with van der Waals surface area (Å²) >= 11 is 0. The predicted octanol–water partition coefficient (Wildman–Crippen LogP) is 2.80. The first kappa shape index (κ1) is 16.9. The number of esters is 1. The van der Waals surface area contributed by atoms with E-state index in [1.165, 1.54) is 42.5 Å². The third-order valence-electron chi connectivity index (χ3n) is 2.99. The summed E-state index contributed by atoms with van der Waals surface area (Å²) < 4.78 is 10.2. The molecule has 0 aliphatic carbocycles. The van der Waals surface area contributed by atoms with Crippen LogP contribution in [0.25, 0.3) is 0 Å². The van der Waals surface area contributed by atoms with Crippen LogP contribution in [-0.4, -0.2) is 22.4 Å². The summed E-state index contributed by atoms with van der Waals surface area (Å²) in [6, 6.07) is 9.02. The minimum absolute atomic E-state index is 0.0756. The molecule has 0 saturated heterocycles. The molecule has 2 rings (SSSR count). The second kappa shape index (κ2) is 7.18. The molecule has 2 aromatic carbocycles. The van der Waals surface area contributed by atoms with Crippen molar-refractivity contribution in [2.24, 2.45) is 0 Å². The molecule has 0 saturated carbocycles. The minimum atomic E-state index is -0.707. The van der Waals surface area contributed by atoms with Gasteiger partial charge < -0.3 is 9.47 Å². The molecule has 0 unspecified atom stereocenters. The van der Waals surface area contributed by atoms with E-state index >= 15 is 0 Å². The first-order valence-corrected chi connectivity index (χ1v) is 6.70. The second-order valence-corrected chi connectivity index (χ2v) is 4.72. The first-order valence-electron chi connectivity index (χ1n) is 6.70. The highest BCUT2D eigenvalue weighted by molar-refractivity contribution is 5.74. The van der Waals surface area contributed by atoms with E-state index < -0.39 is 22.4 Å². The molecule has 0 heterocycles. The van der Waals surface area contributed by atoms with Crippen LogP contribution in [0, 0.1) is 27.2 Å². The quantitative estimate of drug-likeness (QED) is 0.345. The molecule has 0 fully saturated rings. The van der Waals surface area contributed by atoms with Gasteiger partial charge in [-0.05, 0) is 30.7 Å². The van der Waals surface area contributed by atoms with Crippen LogP contribution in [-0.2, 0) is 4.79 Å². The van der Waals surface area contributed by atoms with Crippen LogP contribution in [0.2, 0.25) is 0 Å². The average molecular weight is 332 g/mol. The van der Waals surface area contributed by atoms with E-state index in [1.807, 2.05) is 0 Å². The van der Waals surface area contributed by atoms with E-state index in [4.69, 9.17) is 9.47 Å². The highest BCUT2D eigenvalue weighted by Crippen LogP contribution is 2.23. The summed E-state index contributed by atoms with van der Waals surface area (Å²) in [5, 5.41) is 21.2. The van der Waals surface area contributed by atoms with E-state index in [-0.39, 0.29) is 17.1 Å². The Morgan fingerprint density at radius 3 is 2.12 bits per heavy atom.